The van der Waals surface area contributed by atoms with Gasteiger partial charge in [0.15, 0.2) is 0 Å². The van der Waals surface area contributed by atoms with Gasteiger partial charge in [0.05, 0.1) is 5.69 Å². The van der Waals surface area contributed by atoms with Crippen LogP contribution in [0.15, 0.2) is 65.6 Å². The van der Waals surface area contributed by atoms with Crippen LogP contribution in [0.4, 0.5) is 0 Å². The first kappa shape index (κ1) is 18.1. The van der Waals surface area contributed by atoms with Crippen molar-refractivity contribution in [3.63, 3.8) is 0 Å². The minimum atomic E-state index is 0.0777. The Morgan fingerprint density at radius 1 is 0.889 bits per heavy atom. The van der Waals surface area contributed by atoms with E-state index in [2.05, 4.69) is 47.4 Å². The lowest BCUT2D eigenvalue weighted by Gasteiger charge is -2.20. The summed E-state index contributed by atoms with van der Waals surface area (Å²) in [6, 6.07) is 20.6. The van der Waals surface area contributed by atoms with Crippen LogP contribution in [0.2, 0.25) is 0 Å². The Kier molecular flexibility index (Phi) is 5.73. The fourth-order valence-electron chi connectivity index (χ4n) is 3.59. The van der Waals surface area contributed by atoms with Gasteiger partial charge in [0.25, 0.3) is 5.91 Å². The van der Waals surface area contributed by atoms with Crippen LogP contribution in [-0.4, -0.2) is 28.9 Å². The van der Waals surface area contributed by atoms with Crippen molar-refractivity contribution in [1.29, 1.82) is 0 Å². The summed E-state index contributed by atoms with van der Waals surface area (Å²) in [4.78, 5) is 20.7. The average molecular weight is 377 g/mol. The molecule has 1 fully saturated rings. The molecular formula is C23H24N2OS. The smallest absolute Gasteiger partial charge is 0.272 e. The van der Waals surface area contributed by atoms with Gasteiger partial charge in [0, 0.05) is 23.7 Å². The second-order valence-electron chi connectivity index (χ2n) is 6.99. The van der Waals surface area contributed by atoms with E-state index in [1.54, 1.807) is 11.8 Å². The zero-order valence-corrected chi connectivity index (χ0v) is 16.3. The SMILES string of the molecule is O=C(c1cccc(CSc2cccc3ccccc23)n1)N1CCCCCC1. The average Bonchev–Trinajstić information content (AvgIpc) is 3.01. The summed E-state index contributed by atoms with van der Waals surface area (Å²) in [7, 11) is 0. The van der Waals surface area contributed by atoms with Crippen molar-refractivity contribution in [1.82, 2.24) is 9.88 Å². The van der Waals surface area contributed by atoms with Crippen LogP contribution in [0, 0.1) is 0 Å². The second-order valence-corrected chi connectivity index (χ2v) is 8.00. The molecule has 1 amide bonds. The number of carbonyl (C=O) groups is 1. The molecule has 4 rings (SSSR count). The summed E-state index contributed by atoms with van der Waals surface area (Å²) in [5.74, 6) is 0.837. The van der Waals surface area contributed by atoms with Gasteiger partial charge in [-0.15, -0.1) is 11.8 Å². The van der Waals surface area contributed by atoms with Crippen molar-refractivity contribution >= 4 is 28.4 Å². The molecule has 0 unspecified atom stereocenters. The Labute approximate surface area is 164 Å². The van der Waals surface area contributed by atoms with Gasteiger partial charge < -0.3 is 4.90 Å². The van der Waals surface area contributed by atoms with Gasteiger partial charge in [-0.3, -0.25) is 4.79 Å². The molecular weight excluding hydrogens is 352 g/mol. The van der Waals surface area contributed by atoms with E-state index in [9.17, 15) is 4.79 Å². The number of carbonyl (C=O) groups excluding carboxylic acids is 1. The largest absolute Gasteiger partial charge is 0.337 e. The van der Waals surface area contributed by atoms with Crippen LogP contribution in [0.5, 0.6) is 0 Å². The van der Waals surface area contributed by atoms with Crippen LogP contribution >= 0.6 is 11.8 Å². The molecule has 0 spiro atoms. The molecule has 2 aromatic carbocycles. The van der Waals surface area contributed by atoms with Gasteiger partial charge >= 0.3 is 0 Å². The Morgan fingerprint density at radius 2 is 1.63 bits per heavy atom. The standard InChI is InChI=1S/C23H24N2OS/c26-23(25-15-5-1-2-6-16-25)21-13-8-11-19(24-21)17-27-22-14-7-10-18-9-3-4-12-20(18)22/h3-4,7-14H,1-2,5-6,15-17H2. The number of amides is 1. The van der Waals surface area contributed by atoms with Crippen molar-refractivity contribution in [2.24, 2.45) is 0 Å². The number of hydrogen-bond donors (Lipinski definition) is 0. The Hall–Kier alpha value is -2.33. The van der Waals surface area contributed by atoms with E-state index >= 15 is 0 Å². The van der Waals surface area contributed by atoms with Crippen molar-refractivity contribution < 1.29 is 4.79 Å². The highest BCUT2D eigenvalue weighted by Gasteiger charge is 2.18. The molecule has 0 bridgehead atoms. The molecule has 0 aliphatic carbocycles. The Bertz CT molecular complexity index is 927. The molecule has 1 aliphatic rings. The molecule has 0 radical (unpaired) electrons. The van der Waals surface area contributed by atoms with Crippen LogP contribution in [0.3, 0.4) is 0 Å². The number of hydrogen-bond acceptors (Lipinski definition) is 3. The first-order valence-electron chi connectivity index (χ1n) is 9.67. The predicted octanol–water partition coefficient (Wildman–Crippen LogP) is 5.54. The highest BCUT2D eigenvalue weighted by Crippen LogP contribution is 2.29. The molecule has 138 valence electrons. The van der Waals surface area contributed by atoms with E-state index in [0.29, 0.717) is 5.69 Å². The normalized spacial score (nSPS) is 14.9. The first-order chi connectivity index (χ1) is 13.3. The highest BCUT2D eigenvalue weighted by atomic mass is 32.2. The molecule has 0 saturated carbocycles. The summed E-state index contributed by atoms with van der Waals surface area (Å²) in [5, 5.41) is 2.52. The predicted molar refractivity (Wildman–Crippen MR) is 112 cm³/mol. The minimum Gasteiger partial charge on any atom is -0.337 e. The van der Waals surface area contributed by atoms with Gasteiger partial charge in [-0.05, 0) is 41.8 Å². The third-order valence-corrected chi connectivity index (χ3v) is 6.15. The van der Waals surface area contributed by atoms with Crippen LogP contribution < -0.4 is 0 Å². The maximum atomic E-state index is 12.8. The Morgan fingerprint density at radius 3 is 2.48 bits per heavy atom. The molecule has 3 aromatic rings. The number of benzene rings is 2. The van der Waals surface area contributed by atoms with Gasteiger partial charge in [0.2, 0.25) is 0 Å². The van der Waals surface area contributed by atoms with Gasteiger partial charge in [-0.2, -0.15) is 0 Å². The topological polar surface area (TPSA) is 33.2 Å². The zero-order valence-electron chi connectivity index (χ0n) is 15.4. The quantitative estimate of drug-likeness (QED) is 0.560. The maximum Gasteiger partial charge on any atom is 0.272 e. The van der Waals surface area contributed by atoms with E-state index in [1.165, 1.54) is 28.5 Å². The lowest BCUT2D eigenvalue weighted by molar-refractivity contribution is 0.0755. The molecule has 1 aliphatic heterocycles. The van der Waals surface area contributed by atoms with E-state index in [4.69, 9.17) is 0 Å². The lowest BCUT2D eigenvalue weighted by Crippen LogP contribution is -2.32. The third-order valence-electron chi connectivity index (χ3n) is 5.04. The van der Waals surface area contributed by atoms with Crippen molar-refractivity contribution in [2.45, 2.75) is 36.3 Å². The summed E-state index contributed by atoms with van der Waals surface area (Å²) in [6.45, 7) is 1.71. The van der Waals surface area contributed by atoms with E-state index in [1.807, 2.05) is 23.1 Å². The molecule has 2 heterocycles. The Balaban J connectivity index is 1.48. The van der Waals surface area contributed by atoms with E-state index < -0.39 is 0 Å². The summed E-state index contributed by atoms with van der Waals surface area (Å²) >= 11 is 1.77. The lowest BCUT2D eigenvalue weighted by atomic mass is 10.1. The molecule has 3 nitrogen and oxygen atoms in total. The number of rotatable bonds is 4. The zero-order chi connectivity index (χ0) is 18.5. The number of thioether (sulfide) groups is 1. The molecule has 0 N–H and O–H groups in total. The minimum absolute atomic E-state index is 0.0777. The summed E-state index contributed by atoms with van der Waals surface area (Å²) in [5.41, 5.74) is 1.53. The first-order valence-corrected chi connectivity index (χ1v) is 10.7. The monoisotopic (exact) mass is 376 g/mol. The number of nitrogens with zero attached hydrogens (tertiary/aromatic N) is 2. The molecule has 4 heteroatoms. The number of likely N-dealkylation sites (tertiary alicyclic amines) is 1. The molecule has 1 aromatic heterocycles. The fraction of sp³-hybridized carbons (Fsp3) is 0.304. The van der Waals surface area contributed by atoms with Crippen LogP contribution in [-0.2, 0) is 5.75 Å². The van der Waals surface area contributed by atoms with E-state index in [-0.39, 0.29) is 5.91 Å². The maximum absolute atomic E-state index is 12.8. The molecule has 1 saturated heterocycles. The van der Waals surface area contributed by atoms with Gasteiger partial charge in [0.1, 0.15) is 5.69 Å². The molecule has 27 heavy (non-hydrogen) atoms. The fourth-order valence-corrected chi connectivity index (χ4v) is 4.57. The van der Waals surface area contributed by atoms with Crippen molar-refractivity contribution in [3.05, 3.63) is 72.1 Å². The number of fused-ring (bicyclic) bond motifs is 1. The van der Waals surface area contributed by atoms with Crippen LogP contribution in [0.1, 0.15) is 41.9 Å². The second kappa shape index (κ2) is 8.57. The highest BCUT2D eigenvalue weighted by molar-refractivity contribution is 7.98. The van der Waals surface area contributed by atoms with Crippen molar-refractivity contribution in [2.75, 3.05) is 13.1 Å². The number of pyridine rings is 1. The third kappa shape index (κ3) is 4.33. The van der Waals surface area contributed by atoms with Crippen LogP contribution in [0.25, 0.3) is 10.8 Å². The van der Waals surface area contributed by atoms with Crippen molar-refractivity contribution in [3.8, 4) is 0 Å². The molecule has 0 atom stereocenters. The van der Waals surface area contributed by atoms with Gasteiger partial charge in [-0.1, -0.05) is 55.3 Å². The van der Waals surface area contributed by atoms with E-state index in [0.717, 1.165) is 37.4 Å². The van der Waals surface area contributed by atoms with Gasteiger partial charge in [-0.25, -0.2) is 4.98 Å². The summed E-state index contributed by atoms with van der Waals surface area (Å²) in [6.07, 6.45) is 4.64. The number of aromatic nitrogens is 1. The summed E-state index contributed by atoms with van der Waals surface area (Å²) < 4.78 is 0.